The number of nitrogens with zero attached hydrogens (tertiary/aromatic N) is 2. The molecular weight excluding hydrogens is 724 g/mol. The lowest BCUT2D eigenvalue weighted by atomic mass is 10.0. The lowest BCUT2D eigenvalue weighted by Gasteiger charge is -2.26. The van der Waals surface area contributed by atoms with Gasteiger partial charge in [0.25, 0.3) is 9.84 Å². The number of anilines is 1. The number of alkyl halides is 6. The van der Waals surface area contributed by atoms with E-state index in [0.717, 1.165) is 17.0 Å². The van der Waals surface area contributed by atoms with E-state index in [4.69, 9.17) is 44.7 Å². The average Bonchev–Trinajstić information content (AvgIpc) is 3.51. The van der Waals surface area contributed by atoms with Gasteiger partial charge in [-0.25, -0.2) is 26.8 Å². The van der Waals surface area contributed by atoms with Gasteiger partial charge in [-0.15, -0.1) is 11.8 Å². The maximum atomic E-state index is 13.6. The molecule has 10 nitrogen and oxygen atoms in total. The number of ether oxygens (including phenoxy) is 1. The van der Waals surface area contributed by atoms with Gasteiger partial charge in [0.15, 0.2) is 0 Å². The summed E-state index contributed by atoms with van der Waals surface area (Å²) in [5, 5.41) is 8.01. The van der Waals surface area contributed by atoms with Crippen molar-refractivity contribution >= 4 is 78.2 Å². The molecule has 45 heavy (non-hydrogen) atoms. The predicted molar refractivity (Wildman–Crippen MR) is 167 cm³/mol. The summed E-state index contributed by atoms with van der Waals surface area (Å²) in [5.41, 5.74) is -6.07. The summed E-state index contributed by atoms with van der Waals surface area (Å²) < 4.78 is 92.9. The number of halogens is 6. The number of sulfonamides is 1. The van der Waals surface area contributed by atoms with Crippen molar-refractivity contribution in [2.75, 3.05) is 50.4 Å². The number of hydrogen-bond donors (Lipinski definition) is 2. The van der Waals surface area contributed by atoms with E-state index < -0.39 is 51.1 Å². The van der Waals surface area contributed by atoms with Gasteiger partial charge in [-0.2, -0.15) is 13.2 Å². The summed E-state index contributed by atoms with van der Waals surface area (Å²) in [6.07, 6.45) is -0.154. The SMILES string of the molecule is NS(=O)(=O)c1ccc(N[C@H](CCN2C[C@@H]3CN(C(=O)OCC(Cl)(Cl)Cl)C[C@@H]3C2)CSc2ccccc2)c(S(=O)(=O)C(F)(F)F)c1. The number of carbonyl (C=O) groups is 1. The first-order valence-electron chi connectivity index (χ1n) is 13.5. The highest BCUT2D eigenvalue weighted by Gasteiger charge is 2.48. The van der Waals surface area contributed by atoms with E-state index in [1.807, 2.05) is 30.3 Å². The second-order valence-corrected chi connectivity index (χ2v) is 17.8. The Morgan fingerprint density at radius 3 is 2.20 bits per heavy atom. The van der Waals surface area contributed by atoms with Crippen molar-refractivity contribution in [1.29, 1.82) is 0 Å². The highest BCUT2D eigenvalue weighted by molar-refractivity contribution is 7.99. The maximum Gasteiger partial charge on any atom is 0.501 e. The van der Waals surface area contributed by atoms with Gasteiger partial charge in [-0.3, -0.25) is 0 Å². The van der Waals surface area contributed by atoms with Crippen molar-refractivity contribution < 1.29 is 39.5 Å². The number of benzene rings is 2. The van der Waals surface area contributed by atoms with Crippen LogP contribution in [0.15, 0.2) is 63.2 Å². The zero-order chi connectivity index (χ0) is 33.2. The average molecular weight is 754 g/mol. The first-order chi connectivity index (χ1) is 20.8. The smallest absolute Gasteiger partial charge is 0.445 e. The Labute approximate surface area is 278 Å². The van der Waals surface area contributed by atoms with Crippen LogP contribution in [-0.4, -0.2) is 93.2 Å². The Hall–Kier alpha value is -1.66. The molecular formula is C26H30Cl3F3N4O6S3. The number of carbonyl (C=O) groups excluding carboxylic acids is 1. The lowest BCUT2D eigenvalue weighted by Crippen LogP contribution is -2.36. The van der Waals surface area contributed by atoms with Crippen molar-refractivity contribution in [3.8, 4) is 0 Å². The van der Waals surface area contributed by atoms with Crippen LogP contribution in [0.4, 0.5) is 23.7 Å². The first kappa shape index (κ1) is 36.2. The number of nitrogens with one attached hydrogen (secondary N) is 1. The molecule has 2 saturated heterocycles. The zero-order valence-electron chi connectivity index (χ0n) is 23.4. The fourth-order valence-corrected chi connectivity index (χ4v) is 7.99. The van der Waals surface area contributed by atoms with Crippen molar-refractivity contribution in [3.63, 3.8) is 0 Å². The molecule has 2 fully saturated rings. The normalized spacial score (nSPS) is 20.2. The minimum absolute atomic E-state index is 0.171. The molecule has 2 aliphatic rings. The fraction of sp³-hybridized carbons (Fsp3) is 0.500. The Morgan fingerprint density at radius 2 is 1.64 bits per heavy atom. The van der Waals surface area contributed by atoms with Gasteiger partial charge in [0.2, 0.25) is 13.8 Å². The molecule has 2 aliphatic heterocycles. The van der Waals surface area contributed by atoms with Crippen LogP contribution in [0.1, 0.15) is 6.42 Å². The second kappa shape index (κ2) is 14.2. The van der Waals surface area contributed by atoms with Crippen LogP contribution in [-0.2, 0) is 24.6 Å². The molecule has 250 valence electrons. The molecule has 4 rings (SSSR count). The van der Waals surface area contributed by atoms with E-state index in [0.29, 0.717) is 51.0 Å². The van der Waals surface area contributed by atoms with Crippen molar-refractivity contribution in [3.05, 3.63) is 48.5 Å². The van der Waals surface area contributed by atoms with Crippen LogP contribution in [0.5, 0.6) is 0 Å². The molecule has 0 unspecified atom stereocenters. The fourth-order valence-electron chi connectivity index (χ4n) is 5.27. The Morgan fingerprint density at radius 1 is 1.02 bits per heavy atom. The summed E-state index contributed by atoms with van der Waals surface area (Å²) in [6.45, 7) is 2.39. The van der Waals surface area contributed by atoms with Gasteiger partial charge in [-0.05, 0) is 48.6 Å². The predicted octanol–water partition coefficient (Wildman–Crippen LogP) is 4.96. The van der Waals surface area contributed by atoms with Gasteiger partial charge in [-0.1, -0.05) is 53.0 Å². The Kier molecular flexibility index (Phi) is 11.4. The molecule has 0 bridgehead atoms. The third-order valence-electron chi connectivity index (χ3n) is 7.40. The second-order valence-electron chi connectivity index (χ2n) is 10.8. The summed E-state index contributed by atoms with van der Waals surface area (Å²) in [7, 11) is -10.4. The monoisotopic (exact) mass is 752 g/mol. The standard InChI is InChI=1S/C26H30Cl3F3N4O6S3/c27-25(28,29)16-42-24(37)36-13-17-11-35(12-18(17)14-36)9-8-19(15-43-20-4-2-1-3-5-20)34-22-7-6-21(45(33,40)41)10-23(22)44(38,39)26(30,31)32/h1-7,10,17-19,34H,8-9,11-16H2,(H2,33,40,41)/t17-,18+,19-/m1/s1. The highest BCUT2D eigenvalue weighted by Crippen LogP contribution is 2.37. The number of hydrogen-bond acceptors (Lipinski definition) is 9. The number of likely N-dealkylation sites (tertiary alicyclic amines) is 2. The number of fused-ring (bicyclic) bond motifs is 1. The van der Waals surface area contributed by atoms with E-state index in [2.05, 4.69) is 10.2 Å². The van der Waals surface area contributed by atoms with E-state index in [-0.39, 0.29) is 24.1 Å². The minimum atomic E-state index is -5.93. The Bertz CT molecular complexity index is 1570. The summed E-state index contributed by atoms with van der Waals surface area (Å²) in [5.74, 6) is 0.699. The number of nitrogens with two attached hydrogens (primary N) is 1. The molecule has 2 aromatic carbocycles. The topological polar surface area (TPSA) is 139 Å². The molecule has 3 N–H and O–H groups in total. The number of rotatable bonds is 11. The van der Waals surface area contributed by atoms with Crippen LogP contribution in [0, 0.1) is 11.8 Å². The number of thioether (sulfide) groups is 1. The molecule has 0 aliphatic carbocycles. The molecule has 2 aromatic rings. The molecule has 0 radical (unpaired) electrons. The van der Waals surface area contributed by atoms with E-state index >= 15 is 0 Å². The highest BCUT2D eigenvalue weighted by atomic mass is 35.6. The molecule has 19 heteroatoms. The Balaban J connectivity index is 1.47. The molecule has 0 saturated carbocycles. The zero-order valence-corrected chi connectivity index (χ0v) is 28.1. The van der Waals surface area contributed by atoms with E-state index in [1.165, 1.54) is 11.8 Å². The third-order valence-corrected chi connectivity index (χ3v) is 11.3. The van der Waals surface area contributed by atoms with E-state index in [9.17, 15) is 34.8 Å². The molecule has 0 aromatic heterocycles. The van der Waals surface area contributed by atoms with Crippen LogP contribution in [0.25, 0.3) is 0 Å². The largest absolute Gasteiger partial charge is 0.501 e. The molecule has 2 heterocycles. The summed E-state index contributed by atoms with van der Waals surface area (Å²) >= 11 is 18.4. The van der Waals surface area contributed by atoms with Crippen molar-refractivity contribution in [1.82, 2.24) is 9.80 Å². The van der Waals surface area contributed by atoms with E-state index in [1.54, 1.807) is 4.90 Å². The minimum Gasteiger partial charge on any atom is -0.445 e. The van der Waals surface area contributed by atoms with Crippen LogP contribution < -0.4 is 10.5 Å². The van der Waals surface area contributed by atoms with Crippen LogP contribution >= 0.6 is 46.6 Å². The van der Waals surface area contributed by atoms with Crippen LogP contribution in [0.2, 0.25) is 0 Å². The molecule has 1 amide bonds. The van der Waals surface area contributed by atoms with Crippen molar-refractivity contribution in [2.45, 2.75) is 36.4 Å². The number of amides is 1. The maximum absolute atomic E-state index is 13.6. The van der Waals surface area contributed by atoms with Gasteiger partial charge < -0.3 is 19.9 Å². The first-order valence-corrected chi connectivity index (χ1v) is 18.6. The quantitative estimate of drug-likeness (QED) is 0.241. The van der Waals surface area contributed by atoms with Gasteiger partial charge in [0.05, 0.1) is 10.6 Å². The third kappa shape index (κ3) is 9.69. The van der Waals surface area contributed by atoms with Gasteiger partial charge >= 0.3 is 11.6 Å². The molecule has 3 atom stereocenters. The van der Waals surface area contributed by atoms with Gasteiger partial charge in [0, 0.05) is 49.4 Å². The summed E-state index contributed by atoms with van der Waals surface area (Å²) in [4.78, 5) is 15.0. The number of primary sulfonamides is 1. The van der Waals surface area contributed by atoms with Crippen LogP contribution in [0.3, 0.4) is 0 Å². The van der Waals surface area contributed by atoms with Crippen molar-refractivity contribution in [2.24, 2.45) is 17.0 Å². The summed E-state index contributed by atoms with van der Waals surface area (Å²) in [6, 6.07) is 11.1. The number of sulfone groups is 1. The van der Waals surface area contributed by atoms with Gasteiger partial charge in [0.1, 0.15) is 11.5 Å². The lowest BCUT2D eigenvalue weighted by molar-refractivity contribution is -0.0435. The molecule has 0 spiro atoms.